The van der Waals surface area contributed by atoms with E-state index in [1.54, 1.807) is 6.07 Å². The van der Waals surface area contributed by atoms with E-state index in [0.717, 1.165) is 17.9 Å². The summed E-state index contributed by atoms with van der Waals surface area (Å²) in [6, 6.07) is 3.76. The fourth-order valence-electron chi connectivity index (χ4n) is 1.21. The fourth-order valence-corrected chi connectivity index (χ4v) is 1.21. The van der Waals surface area contributed by atoms with Crippen LogP contribution in [0.5, 0.6) is 5.75 Å². The zero-order valence-electron chi connectivity index (χ0n) is 7.79. The van der Waals surface area contributed by atoms with Crippen LogP contribution < -0.4 is 10.5 Å². The van der Waals surface area contributed by atoms with Gasteiger partial charge in [-0.2, -0.15) is 0 Å². The smallest absolute Gasteiger partial charge is 0.127 e. The predicted molar refractivity (Wildman–Crippen MR) is 51.7 cm³/mol. The zero-order valence-corrected chi connectivity index (χ0v) is 7.79. The van der Waals surface area contributed by atoms with Crippen LogP contribution in [0.1, 0.15) is 25.5 Å². The van der Waals surface area contributed by atoms with E-state index in [9.17, 15) is 0 Å². The molecule has 2 N–H and O–H groups in total. The molecule has 0 saturated heterocycles. The summed E-state index contributed by atoms with van der Waals surface area (Å²) in [6.07, 6.45) is 3.66. The molecule has 13 heavy (non-hydrogen) atoms. The summed E-state index contributed by atoms with van der Waals surface area (Å²) < 4.78 is 5.63. The molecule has 1 aromatic rings. The summed E-state index contributed by atoms with van der Waals surface area (Å²) in [6.45, 7) is 2.06. The number of ether oxygens (including phenoxy) is 1. The SMILES string of the molecule is CCc1cc(OC2CC2)cc(N)n1. The second kappa shape index (κ2) is 3.24. The van der Waals surface area contributed by atoms with E-state index in [0.29, 0.717) is 11.9 Å². The number of anilines is 1. The molecule has 1 fully saturated rings. The van der Waals surface area contributed by atoms with Crippen LogP contribution in [0.3, 0.4) is 0 Å². The standard InChI is InChI=1S/C10H14N2O/c1-2-7-5-9(6-10(11)12-7)13-8-3-4-8/h5-6,8H,2-4H2,1H3,(H2,11,12). The van der Waals surface area contributed by atoms with Crippen molar-refractivity contribution >= 4 is 5.82 Å². The number of pyridine rings is 1. The third-order valence-corrected chi connectivity index (χ3v) is 2.06. The molecule has 1 aliphatic carbocycles. The normalized spacial score (nSPS) is 15.8. The quantitative estimate of drug-likeness (QED) is 0.767. The maximum atomic E-state index is 5.64. The summed E-state index contributed by atoms with van der Waals surface area (Å²) in [4.78, 5) is 4.18. The first-order valence-electron chi connectivity index (χ1n) is 4.71. The monoisotopic (exact) mass is 178 g/mol. The highest BCUT2D eigenvalue weighted by Gasteiger charge is 2.23. The van der Waals surface area contributed by atoms with E-state index in [1.165, 1.54) is 12.8 Å². The first-order valence-corrected chi connectivity index (χ1v) is 4.71. The Morgan fingerprint density at radius 2 is 2.31 bits per heavy atom. The molecule has 0 aromatic carbocycles. The van der Waals surface area contributed by atoms with Gasteiger partial charge >= 0.3 is 0 Å². The zero-order chi connectivity index (χ0) is 9.26. The number of nitrogens with zero attached hydrogens (tertiary/aromatic N) is 1. The Hall–Kier alpha value is -1.25. The van der Waals surface area contributed by atoms with Crippen molar-refractivity contribution in [1.29, 1.82) is 0 Å². The Bertz CT molecular complexity index is 308. The van der Waals surface area contributed by atoms with Gasteiger partial charge in [0, 0.05) is 17.8 Å². The molecule has 1 heterocycles. The van der Waals surface area contributed by atoms with Crippen LogP contribution in [0.2, 0.25) is 0 Å². The molecule has 0 radical (unpaired) electrons. The van der Waals surface area contributed by atoms with Crippen molar-refractivity contribution in [1.82, 2.24) is 4.98 Å². The van der Waals surface area contributed by atoms with Gasteiger partial charge in [0.15, 0.2) is 0 Å². The van der Waals surface area contributed by atoms with E-state index < -0.39 is 0 Å². The molecule has 1 aliphatic rings. The lowest BCUT2D eigenvalue weighted by Crippen LogP contribution is -2.00. The Kier molecular flexibility index (Phi) is 2.08. The Labute approximate surface area is 77.9 Å². The van der Waals surface area contributed by atoms with Crippen LogP contribution in [0, 0.1) is 0 Å². The van der Waals surface area contributed by atoms with Crippen LogP contribution in [-0.4, -0.2) is 11.1 Å². The van der Waals surface area contributed by atoms with Gasteiger partial charge in [-0.25, -0.2) is 4.98 Å². The van der Waals surface area contributed by atoms with E-state index in [2.05, 4.69) is 11.9 Å². The summed E-state index contributed by atoms with van der Waals surface area (Å²) >= 11 is 0. The minimum Gasteiger partial charge on any atom is -0.490 e. The number of rotatable bonds is 3. The van der Waals surface area contributed by atoms with Crippen molar-refractivity contribution in [2.24, 2.45) is 0 Å². The van der Waals surface area contributed by atoms with Gasteiger partial charge in [-0.05, 0) is 19.3 Å². The predicted octanol–water partition coefficient (Wildman–Crippen LogP) is 1.77. The number of aromatic nitrogens is 1. The van der Waals surface area contributed by atoms with E-state index in [4.69, 9.17) is 10.5 Å². The molecule has 0 unspecified atom stereocenters. The van der Waals surface area contributed by atoms with Gasteiger partial charge in [0.25, 0.3) is 0 Å². The summed E-state index contributed by atoms with van der Waals surface area (Å²) in [5, 5.41) is 0. The summed E-state index contributed by atoms with van der Waals surface area (Å²) in [7, 11) is 0. The lowest BCUT2D eigenvalue weighted by molar-refractivity contribution is 0.303. The van der Waals surface area contributed by atoms with Crippen molar-refractivity contribution < 1.29 is 4.74 Å². The lowest BCUT2D eigenvalue weighted by Gasteiger charge is -2.06. The largest absolute Gasteiger partial charge is 0.490 e. The van der Waals surface area contributed by atoms with Crippen molar-refractivity contribution in [3.63, 3.8) is 0 Å². The molecule has 3 heteroatoms. The van der Waals surface area contributed by atoms with Gasteiger partial charge in [0.2, 0.25) is 0 Å². The molecular formula is C10H14N2O. The second-order valence-corrected chi connectivity index (χ2v) is 3.39. The van der Waals surface area contributed by atoms with Crippen LogP contribution in [0.25, 0.3) is 0 Å². The molecule has 2 rings (SSSR count). The number of hydrogen-bond acceptors (Lipinski definition) is 3. The number of nitrogens with two attached hydrogens (primary N) is 1. The maximum absolute atomic E-state index is 5.64. The summed E-state index contributed by atoms with van der Waals surface area (Å²) in [5.41, 5.74) is 6.64. The molecule has 0 amide bonds. The van der Waals surface area contributed by atoms with Crippen molar-refractivity contribution in [2.75, 3.05) is 5.73 Å². The Morgan fingerprint density at radius 1 is 1.54 bits per heavy atom. The summed E-state index contributed by atoms with van der Waals surface area (Å²) in [5.74, 6) is 1.42. The third-order valence-electron chi connectivity index (χ3n) is 2.06. The molecular weight excluding hydrogens is 164 g/mol. The highest BCUT2D eigenvalue weighted by atomic mass is 16.5. The first-order chi connectivity index (χ1) is 6.28. The molecule has 3 nitrogen and oxygen atoms in total. The number of hydrogen-bond donors (Lipinski definition) is 1. The highest BCUT2D eigenvalue weighted by molar-refractivity contribution is 5.39. The maximum Gasteiger partial charge on any atom is 0.127 e. The topological polar surface area (TPSA) is 48.1 Å². The van der Waals surface area contributed by atoms with Crippen molar-refractivity contribution in [2.45, 2.75) is 32.3 Å². The first kappa shape index (κ1) is 8.35. The lowest BCUT2D eigenvalue weighted by atomic mass is 10.3. The molecule has 1 saturated carbocycles. The second-order valence-electron chi connectivity index (χ2n) is 3.39. The van der Waals surface area contributed by atoms with E-state index in [-0.39, 0.29) is 0 Å². The number of aryl methyl sites for hydroxylation is 1. The molecule has 0 atom stereocenters. The molecule has 0 spiro atoms. The van der Waals surface area contributed by atoms with Gasteiger partial charge < -0.3 is 10.5 Å². The van der Waals surface area contributed by atoms with Gasteiger partial charge in [-0.15, -0.1) is 0 Å². The van der Waals surface area contributed by atoms with Crippen molar-refractivity contribution in [3.05, 3.63) is 17.8 Å². The third kappa shape index (κ3) is 2.11. The van der Waals surface area contributed by atoms with E-state index in [1.807, 2.05) is 6.07 Å². The van der Waals surface area contributed by atoms with Crippen LogP contribution >= 0.6 is 0 Å². The van der Waals surface area contributed by atoms with Crippen LogP contribution in [-0.2, 0) is 6.42 Å². The van der Waals surface area contributed by atoms with Gasteiger partial charge in [-0.3, -0.25) is 0 Å². The van der Waals surface area contributed by atoms with Crippen molar-refractivity contribution in [3.8, 4) is 5.75 Å². The fraction of sp³-hybridized carbons (Fsp3) is 0.500. The average molecular weight is 178 g/mol. The van der Waals surface area contributed by atoms with Gasteiger partial charge in [0.1, 0.15) is 11.6 Å². The number of nitrogen functional groups attached to an aromatic ring is 1. The van der Waals surface area contributed by atoms with Gasteiger partial charge in [0.05, 0.1) is 6.10 Å². The van der Waals surface area contributed by atoms with Gasteiger partial charge in [-0.1, -0.05) is 6.92 Å². The minimum atomic E-state index is 0.423. The molecule has 0 aliphatic heterocycles. The molecule has 1 aromatic heterocycles. The Balaban J connectivity index is 2.17. The van der Waals surface area contributed by atoms with Crippen LogP contribution in [0.15, 0.2) is 12.1 Å². The minimum absolute atomic E-state index is 0.423. The average Bonchev–Trinajstić information content (AvgIpc) is 2.87. The molecule has 70 valence electrons. The molecule has 0 bridgehead atoms. The van der Waals surface area contributed by atoms with Crippen LogP contribution in [0.4, 0.5) is 5.82 Å². The van der Waals surface area contributed by atoms with E-state index >= 15 is 0 Å². The Morgan fingerprint density at radius 3 is 2.92 bits per heavy atom. The highest BCUT2D eigenvalue weighted by Crippen LogP contribution is 2.27.